The van der Waals surface area contributed by atoms with Gasteiger partial charge in [-0.25, -0.2) is 9.18 Å². The van der Waals surface area contributed by atoms with Crippen molar-refractivity contribution in [1.29, 1.82) is 0 Å². The quantitative estimate of drug-likeness (QED) is 0.931. The van der Waals surface area contributed by atoms with Gasteiger partial charge in [-0.1, -0.05) is 6.92 Å². The second-order valence-corrected chi connectivity index (χ2v) is 6.42. The monoisotopic (exact) mass is 339 g/mol. The van der Waals surface area contributed by atoms with Crippen molar-refractivity contribution in [2.75, 3.05) is 7.11 Å². The summed E-state index contributed by atoms with van der Waals surface area (Å²) in [5.41, 5.74) is -1.70. The fourth-order valence-electron chi connectivity index (χ4n) is 2.98. The lowest BCUT2D eigenvalue weighted by molar-refractivity contribution is 0.0693. The number of halogens is 2. The van der Waals surface area contributed by atoms with Crippen LogP contribution in [0, 0.1) is 11.6 Å². The van der Waals surface area contributed by atoms with Gasteiger partial charge in [-0.15, -0.1) is 0 Å². The lowest BCUT2D eigenvalue weighted by atomic mass is 9.99. The molecule has 0 atom stereocenters. The van der Waals surface area contributed by atoms with Crippen molar-refractivity contribution in [3.05, 3.63) is 39.2 Å². The van der Waals surface area contributed by atoms with E-state index < -0.39 is 39.9 Å². The molecule has 0 amide bonds. The molecule has 24 heavy (non-hydrogen) atoms. The number of carboxylic acids is 1. The fourth-order valence-corrected chi connectivity index (χ4v) is 2.98. The van der Waals surface area contributed by atoms with Crippen LogP contribution in [0.3, 0.4) is 0 Å². The standard InChI is InChI=1S/C17H19F2NO4/c1-6-10-11(16(22)23)14(21)8-7-9(18)12(19)15(24-5)13(8)20(10)17(2,3)4/h7H,6H2,1-5H3,(H,22,23). The van der Waals surface area contributed by atoms with Crippen LogP contribution in [-0.4, -0.2) is 22.8 Å². The Bertz CT molecular complexity index is 895. The minimum atomic E-state index is -1.40. The van der Waals surface area contributed by atoms with E-state index in [2.05, 4.69) is 0 Å². The minimum Gasteiger partial charge on any atom is -0.491 e. The van der Waals surface area contributed by atoms with Crippen LogP contribution in [0.5, 0.6) is 5.75 Å². The molecule has 0 saturated carbocycles. The molecule has 1 N–H and O–H groups in total. The normalized spacial score (nSPS) is 11.8. The third kappa shape index (κ3) is 2.53. The molecule has 5 nitrogen and oxygen atoms in total. The number of aromatic carboxylic acids is 1. The summed E-state index contributed by atoms with van der Waals surface area (Å²) in [6.45, 7) is 7.04. The van der Waals surface area contributed by atoms with Crippen LogP contribution in [-0.2, 0) is 12.0 Å². The number of pyridine rings is 1. The average Bonchev–Trinajstić information content (AvgIpc) is 2.47. The van der Waals surface area contributed by atoms with E-state index in [1.54, 1.807) is 27.7 Å². The number of fused-ring (bicyclic) bond motifs is 1. The number of carboxylic acid groups (broad SMARTS) is 1. The number of hydrogen-bond donors (Lipinski definition) is 1. The number of hydrogen-bond acceptors (Lipinski definition) is 3. The molecule has 2 aromatic rings. The van der Waals surface area contributed by atoms with Gasteiger partial charge >= 0.3 is 5.97 Å². The van der Waals surface area contributed by atoms with Gasteiger partial charge in [-0.05, 0) is 33.3 Å². The Hall–Kier alpha value is -2.44. The first-order chi connectivity index (χ1) is 11.1. The molecule has 1 aromatic carbocycles. The van der Waals surface area contributed by atoms with Crippen molar-refractivity contribution in [2.45, 2.75) is 39.7 Å². The Morgan fingerprint density at radius 3 is 2.33 bits per heavy atom. The molecule has 0 aliphatic rings. The topological polar surface area (TPSA) is 68.5 Å². The summed E-state index contributed by atoms with van der Waals surface area (Å²) in [4.78, 5) is 24.2. The van der Waals surface area contributed by atoms with Crippen LogP contribution >= 0.6 is 0 Å². The van der Waals surface area contributed by atoms with Gasteiger partial charge in [0.1, 0.15) is 5.56 Å². The summed E-state index contributed by atoms with van der Waals surface area (Å²) >= 11 is 0. The van der Waals surface area contributed by atoms with E-state index in [9.17, 15) is 23.5 Å². The van der Waals surface area contributed by atoms with Gasteiger partial charge in [-0.3, -0.25) is 4.79 Å². The number of aromatic nitrogens is 1. The predicted octanol–water partition coefficient (Wildman–Crippen LogP) is 3.30. The summed E-state index contributed by atoms with van der Waals surface area (Å²) in [5, 5.41) is 9.24. The van der Waals surface area contributed by atoms with Crippen molar-refractivity contribution in [3.8, 4) is 5.75 Å². The predicted molar refractivity (Wildman–Crippen MR) is 86.0 cm³/mol. The maximum atomic E-state index is 14.2. The Kier molecular flexibility index (Phi) is 4.39. The third-order valence-electron chi connectivity index (χ3n) is 3.83. The molecular weight excluding hydrogens is 320 g/mol. The smallest absolute Gasteiger partial charge is 0.341 e. The largest absolute Gasteiger partial charge is 0.491 e. The van der Waals surface area contributed by atoms with Crippen LogP contribution < -0.4 is 10.2 Å². The number of carbonyl (C=O) groups is 1. The molecule has 1 aromatic heterocycles. The first-order valence-corrected chi connectivity index (χ1v) is 7.43. The molecular formula is C17H19F2NO4. The van der Waals surface area contributed by atoms with Crippen LogP contribution in [0.15, 0.2) is 10.9 Å². The van der Waals surface area contributed by atoms with Gasteiger partial charge < -0.3 is 14.4 Å². The first kappa shape index (κ1) is 17.9. The van der Waals surface area contributed by atoms with Crippen LogP contribution in [0.25, 0.3) is 10.9 Å². The first-order valence-electron chi connectivity index (χ1n) is 7.43. The van der Waals surface area contributed by atoms with Gasteiger partial charge in [0.2, 0.25) is 11.2 Å². The lowest BCUT2D eigenvalue weighted by Crippen LogP contribution is -2.32. The molecule has 7 heteroatoms. The van der Waals surface area contributed by atoms with Gasteiger partial charge in [-0.2, -0.15) is 4.39 Å². The Labute approximate surface area is 137 Å². The van der Waals surface area contributed by atoms with E-state index in [-0.39, 0.29) is 23.0 Å². The molecule has 0 bridgehead atoms. The van der Waals surface area contributed by atoms with Crippen molar-refractivity contribution in [1.82, 2.24) is 4.57 Å². The van der Waals surface area contributed by atoms with E-state index >= 15 is 0 Å². The zero-order chi connectivity index (χ0) is 18.4. The number of rotatable bonds is 3. The van der Waals surface area contributed by atoms with E-state index in [0.29, 0.717) is 0 Å². The Morgan fingerprint density at radius 1 is 1.33 bits per heavy atom. The van der Waals surface area contributed by atoms with Crippen molar-refractivity contribution < 1.29 is 23.4 Å². The van der Waals surface area contributed by atoms with E-state index in [4.69, 9.17) is 4.74 Å². The van der Waals surface area contributed by atoms with Crippen LogP contribution in [0.1, 0.15) is 43.7 Å². The van der Waals surface area contributed by atoms with Gasteiger partial charge in [0, 0.05) is 11.2 Å². The molecule has 1 heterocycles. The van der Waals surface area contributed by atoms with Crippen LogP contribution in [0.2, 0.25) is 0 Å². The summed E-state index contributed by atoms with van der Waals surface area (Å²) in [7, 11) is 1.17. The second-order valence-electron chi connectivity index (χ2n) is 6.42. The number of ether oxygens (including phenoxy) is 1. The molecule has 0 aliphatic heterocycles. The summed E-state index contributed by atoms with van der Waals surface area (Å²) in [6.07, 6.45) is 0.228. The Morgan fingerprint density at radius 2 is 1.92 bits per heavy atom. The molecule has 0 unspecified atom stereocenters. The fraction of sp³-hybridized carbons (Fsp3) is 0.412. The van der Waals surface area contributed by atoms with Gasteiger partial charge in [0.05, 0.1) is 18.0 Å². The summed E-state index contributed by atoms with van der Waals surface area (Å²) in [6, 6.07) is 0.726. The van der Waals surface area contributed by atoms with Gasteiger partial charge in [0.15, 0.2) is 11.6 Å². The highest BCUT2D eigenvalue weighted by Crippen LogP contribution is 2.34. The maximum Gasteiger partial charge on any atom is 0.341 e. The number of nitrogens with zero attached hydrogens (tertiary/aromatic N) is 1. The number of methoxy groups -OCH3 is 1. The zero-order valence-corrected chi connectivity index (χ0v) is 14.2. The van der Waals surface area contributed by atoms with E-state index in [1.807, 2.05) is 0 Å². The zero-order valence-electron chi connectivity index (χ0n) is 14.2. The second kappa shape index (κ2) is 5.89. The molecule has 0 radical (unpaired) electrons. The summed E-state index contributed by atoms with van der Waals surface area (Å²) in [5.74, 6) is -4.30. The van der Waals surface area contributed by atoms with Gasteiger partial charge in [0.25, 0.3) is 0 Å². The number of benzene rings is 1. The van der Waals surface area contributed by atoms with Crippen molar-refractivity contribution in [3.63, 3.8) is 0 Å². The molecule has 130 valence electrons. The van der Waals surface area contributed by atoms with Crippen LogP contribution in [0.4, 0.5) is 8.78 Å². The average molecular weight is 339 g/mol. The highest BCUT2D eigenvalue weighted by molar-refractivity contribution is 5.96. The lowest BCUT2D eigenvalue weighted by Gasteiger charge is -2.31. The van der Waals surface area contributed by atoms with E-state index in [0.717, 1.165) is 6.07 Å². The SMILES string of the molecule is CCc1c(C(=O)O)c(=O)c2cc(F)c(F)c(OC)c2n1C(C)(C)C. The molecule has 2 rings (SSSR count). The Balaban J connectivity index is 3.31. The summed E-state index contributed by atoms with van der Waals surface area (Å²) < 4.78 is 34.6. The molecule has 0 saturated heterocycles. The molecule has 0 fully saturated rings. The third-order valence-corrected chi connectivity index (χ3v) is 3.83. The minimum absolute atomic E-state index is 0.0516. The maximum absolute atomic E-state index is 14.2. The molecule has 0 spiro atoms. The highest BCUT2D eigenvalue weighted by atomic mass is 19.2. The van der Waals surface area contributed by atoms with Crippen molar-refractivity contribution >= 4 is 16.9 Å². The van der Waals surface area contributed by atoms with Crippen molar-refractivity contribution in [2.24, 2.45) is 0 Å². The highest BCUT2D eigenvalue weighted by Gasteiger charge is 2.30. The van der Waals surface area contributed by atoms with E-state index in [1.165, 1.54) is 11.7 Å². The molecule has 0 aliphatic carbocycles.